The van der Waals surface area contributed by atoms with Gasteiger partial charge < -0.3 is 11.1 Å². The van der Waals surface area contributed by atoms with E-state index in [2.05, 4.69) is 26.2 Å². The SMILES string of the molecule is CC(C)(N)C(=O)Nc1cnc(Cl)c(Br)c1. The minimum absolute atomic E-state index is 0.279. The molecule has 6 heteroatoms. The average Bonchev–Trinajstić information content (AvgIpc) is 2.10. The Balaban J connectivity index is 2.83. The van der Waals surface area contributed by atoms with Crippen LogP contribution in [0.2, 0.25) is 5.15 Å². The van der Waals surface area contributed by atoms with Crippen molar-refractivity contribution in [3.63, 3.8) is 0 Å². The molecule has 0 fully saturated rings. The first-order valence-electron chi connectivity index (χ1n) is 4.22. The van der Waals surface area contributed by atoms with Crippen molar-refractivity contribution in [2.45, 2.75) is 19.4 Å². The van der Waals surface area contributed by atoms with E-state index in [0.717, 1.165) is 0 Å². The van der Waals surface area contributed by atoms with Gasteiger partial charge in [0.25, 0.3) is 0 Å². The molecule has 1 rings (SSSR count). The van der Waals surface area contributed by atoms with Gasteiger partial charge in [-0.05, 0) is 35.8 Å². The Hall–Kier alpha value is -0.650. The summed E-state index contributed by atoms with van der Waals surface area (Å²) in [4.78, 5) is 15.4. The van der Waals surface area contributed by atoms with Crippen LogP contribution in [-0.4, -0.2) is 16.4 Å². The van der Waals surface area contributed by atoms with E-state index in [1.807, 2.05) is 0 Å². The molecule has 0 atom stereocenters. The number of carbonyl (C=O) groups excluding carboxylic acids is 1. The molecule has 0 saturated heterocycles. The van der Waals surface area contributed by atoms with Crippen molar-refractivity contribution in [1.29, 1.82) is 0 Å². The number of nitrogens with two attached hydrogens (primary N) is 1. The van der Waals surface area contributed by atoms with Gasteiger partial charge in [0.05, 0.1) is 21.9 Å². The molecule has 0 aliphatic heterocycles. The van der Waals surface area contributed by atoms with Crippen LogP contribution in [0.3, 0.4) is 0 Å². The molecule has 15 heavy (non-hydrogen) atoms. The summed E-state index contributed by atoms with van der Waals surface area (Å²) in [6, 6.07) is 1.67. The fraction of sp³-hybridized carbons (Fsp3) is 0.333. The first-order chi connectivity index (χ1) is 6.80. The Morgan fingerprint density at radius 2 is 2.27 bits per heavy atom. The Morgan fingerprint density at radius 3 is 2.73 bits per heavy atom. The van der Waals surface area contributed by atoms with Gasteiger partial charge in [-0.15, -0.1) is 0 Å². The zero-order valence-electron chi connectivity index (χ0n) is 8.34. The van der Waals surface area contributed by atoms with Crippen LogP contribution in [0.1, 0.15) is 13.8 Å². The van der Waals surface area contributed by atoms with Crippen molar-refractivity contribution < 1.29 is 4.79 Å². The number of rotatable bonds is 2. The number of pyridine rings is 1. The summed E-state index contributed by atoms with van der Waals surface area (Å²) in [5.41, 5.74) is 5.25. The van der Waals surface area contributed by atoms with E-state index in [1.54, 1.807) is 19.9 Å². The molecule has 1 amide bonds. The zero-order chi connectivity index (χ0) is 11.6. The van der Waals surface area contributed by atoms with E-state index < -0.39 is 5.54 Å². The van der Waals surface area contributed by atoms with Gasteiger partial charge in [-0.1, -0.05) is 11.6 Å². The number of hydrogen-bond acceptors (Lipinski definition) is 3. The van der Waals surface area contributed by atoms with E-state index in [4.69, 9.17) is 17.3 Å². The third-order valence-corrected chi connectivity index (χ3v) is 2.77. The topological polar surface area (TPSA) is 68.0 Å². The highest BCUT2D eigenvalue weighted by Crippen LogP contribution is 2.23. The van der Waals surface area contributed by atoms with Crippen LogP contribution in [0.25, 0.3) is 0 Å². The second kappa shape index (κ2) is 4.47. The van der Waals surface area contributed by atoms with Gasteiger partial charge in [-0.2, -0.15) is 0 Å². The van der Waals surface area contributed by atoms with Crippen LogP contribution in [0.4, 0.5) is 5.69 Å². The molecule has 0 spiro atoms. The van der Waals surface area contributed by atoms with Crippen molar-refractivity contribution in [2.24, 2.45) is 5.73 Å². The maximum absolute atomic E-state index is 11.5. The lowest BCUT2D eigenvalue weighted by atomic mass is 10.1. The minimum atomic E-state index is -0.924. The number of halogens is 2. The fourth-order valence-electron chi connectivity index (χ4n) is 0.782. The van der Waals surface area contributed by atoms with Crippen molar-refractivity contribution >= 4 is 39.1 Å². The highest BCUT2D eigenvalue weighted by Gasteiger charge is 2.21. The van der Waals surface area contributed by atoms with E-state index in [1.165, 1.54) is 6.20 Å². The normalized spacial score (nSPS) is 11.3. The van der Waals surface area contributed by atoms with Crippen molar-refractivity contribution in [1.82, 2.24) is 4.98 Å². The first-order valence-corrected chi connectivity index (χ1v) is 5.39. The summed E-state index contributed by atoms with van der Waals surface area (Å²) < 4.78 is 0.622. The number of hydrogen-bond donors (Lipinski definition) is 2. The molecular formula is C9H11BrClN3O. The van der Waals surface area contributed by atoms with Crippen LogP contribution >= 0.6 is 27.5 Å². The molecule has 0 aromatic carbocycles. The molecule has 1 heterocycles. The highest BCUT2D eigenvalue weighted by molar-refractivity contribution is 9.10. The molecule has 1 aromatic heterocycles. The number of carbonyl (C=O) groups is 1. The molecule has 0 radical (unpaired) electrons. The van der Waals surface area contributed by atoms with E-state index in [0.29, 0.717) is 15.3 Å². The Morgan fingerprint density at radius 1 is 1.67 bits per heavy atom. The van der Waals surface area contributed by atoms with E-state index >= 15 is 0 Å². The van der Waals surface area contributed by atoms with E-state index in [9.17, 15) is 4.79 Å². The maximum Gasteiger partial charge on any atom is 0.243 e. The van der Waals surface area contributed by atoms with Gasteiger partial charge in [-0.3, -0.25) is 4.79 Å². The predicted octanol–water partition coefficient (Wildman–Crippen LogP) is 2.17. The molecule has 0 aliphatic carbocycles. The standard InChI is InChI=1S/C9H11BrClN3O/c1-9(2,12)8(15)14-5-3-6(10)7(11)13-4-5/h3-4H,12H2,1-2H3,(H,14,15). The van der Waals surface area contributed by atoms with Gasteiger partial charge >= 0.3 is 0 Å². The monoisotopic (exact) mass is 291 g/mol. The number of nitrogens with zero attached hydrogens (tertiary/aromatic N) is 1. The summed E-state index contributed by atoms with van der Waals surface area (Å²) in [6.45, 7) is 3.25. The second-order valence-corrected chi connectivity index (χ2v) is 4.88. The summed E-state index contributed by atoms with van der Waals surface area (Å²) in [7, 11) is 0. The van der Waals surface area contributed by atoms with E-state index in [-0.39, 0.29) is 5.91 Å². The fourth-order valence-corrected chi connectivity index (χ4v) is 1.23. The second-order valence-electron chi connectivity index (χ2n) is 3.67. The third-order valence-electron chi connectivity index (χ3n) is 1.64. The van der Waals surface area contributed by atoms with Crippen LogP contribution < -0.4 is 11.1 Å². The van der Waals surface area contributed by atoms with Gasteiger partial charge in [0.2, 0.25) is 5.91 Å². The summed E-state index contributed by atoms with van der Waals surface area (Å²) >= 11 is 8.92. The molecule has 0 aliphatic rings. The minimum Gasteiger partial charge on any atom is -0.323 e. The lowest BCUT2D eigenvalue weighted by molar-refractivity contribution is -0.120. The van der Waals surface area contributed by atoms with Gasteiger partial charge in [0.1, 0.15) is 5.15 Å². The Kier molecular flexibility index (Phi) is 3.70. The quantitative estimate of drug-likeness (QED) is 0.821. The van der Waals surface area contributed by atoms with Gasteiger partial charge in [0.15, 0.2) is 0 Å². The van der Waals surface area contributed by atoms with Crippen LogP contribution in [0.15, 0.2) is 16.7 Å². The molecule has 0 unspecified atom stereocenters. The number of amides is 1. The van der Waals surface area contributed by atoms with Crippen LogP contribution in [0, 0.1) is 0 Å². The summed E-state index contributed by atoms with van der Waals surface area (Å²) in [5.74, 6) is -0.279. The lowest BCUT2D eigenvalue weighted by Crippen LogP contribution is -2.45. The zero-order valence-corrected chi connectivity index (χ0v) is 10.7. The molecule has 0 saturated carbocycles. The molecule has 4 nitrogen and oxygen atoms in total. The van der Waals surface area contributed by atoms with Gasteiger partial charge in [0, 0.05) is 0 Å². The first kappa shape index (κ1) is 12.4. The highest BCUT2D eigenvalue weighted by atomic mass is 79.9. The number of aromatic nitrogens is 1. The number of nitrogens with one attached hydrogen (secondary N) is 1. The van der Waals surface area contributed by atoms with Crippen molar-refractivity contribution in [3.8, 4) is 0 Å². The van der Waals surface area contributed by atoms with Crippen molar-refractivity contribution in [3.05, 3.63) is 21.9 Å². The van der Waals surface area contributed by atoms with Crippen molar-refractivity contribution in [2.75, 3.05) is 5.32 Å². The lowest BCUT2D eigenvalue weighted by Gasteiger charge is -2.17. The number of anilines is 1. The maximum atomic E-state index is 11.5. The van der Waals surface area contributed by atoms with Crippen LogP contribution in [0.5, 0.6) is 0 Å². The largest absolute Gasteiger partial charge is 0.323 e. The molecule has 0 bridgehead atoms. The Bertz CT molecular complexity index is 389. The summed E-state index contributed by atoms with van der Waals surface area (Å²) in [5, 5.41) is 2.98. The third kappa shape index (κ3) is 3.44. The molecule has 3 N–H and O–H groups in total. The molecule has 1 aromatic rings. The molecule has 82 valence electrons. The predicted molar refractivity (Wildman–Crippen MR) is 63.8 cm³/mol. The molecular weight excluding hydrogens is 281 g/mol. The Labute approximate surface area is 101 Å². The van der Waals surface area contributed by atoms with Crippen LogP contribution in [-0.2, 0) is 4.79 Å². The van der Waals surface area contributed by atoms with Gasteiger partial charge in [-0.25, -0.2) is 4.98 Å². The smallest absolute Gasteiger partial charge is 0.243 e. The average molecular weight is 293 g/mol. The summed E-state index contributed by atoms with van der Waals surface area (Å²) in [6.07, 6.45) is 1.47.